The molecule has 0 aliphatic rings. The van der Waals surface area contributed by atoms with Gasteiger partial charge >= 0.3 is 5.97 Å². The van der Waals surface area contributed by atoms with Crippen LogP contribution in [0.2, 0.25) is 0 Å². The van der Waals surface area contributed by atoms with Crippen LogP contribution in [-0.4, -0.2) is 27.6 Å². The van der Waals surface area contributed by atoms with Gasteiger partial charge in [0.2, 0.25) is 0 Å². The zero-order valence-electron chi connectivity index (χ0n) is 14.2. The lowest BCUT2D eigenvalue weighted by atomic mass is 10.1. The van der Waals surface area contributed by atoms with Gasteiger partial charge in [0.1, 0.15) is 5.69 Å². The Morgan fingerprint density at radius 1 is 1.38 bits per heavy atom. The average Bonchev–Trinajstić information content (AvgIpc) is 2.85. The molecule has 0 saturated heterocycles. The summed E-state index contributed by atoms with van der Waals surface area (Å²) in [5.74, 6) is -0.444. The van der Waals surface area contributed by atoms with Crippen molar-refractivity contribution in [1.29, 1.82) is 5.41 Å². The number of ether oxygens (including phenoxy) is 1. The quantitative estimate of drug-likeness (QED) is 0.493. The van der Waals surface area contributed by atoms with Crippen LogP contribution in [0.4, 0.5) is 5.69 Å². The van der Waals surface area contributed by atoms with E-state index in [0.717, 1.165) is 17.5 Å². The van der Waals surface area contributed by atoms with Crippen molar-refractivity contribution in [2.45, 2.75) is 30.6 Å². The molecular weight excluding hydrogens is 326 g/mol. The minimum Gasteiger partial charge on any atom is -0.461 e. The number of rotatable bonds is 5. The van der Waals surface area contributed by atoms with Gasteiger partial charge in [-0.2, -0.15) is 0 Å². The van der Waals surface area contributed by atoms with Crippen LogP contribution in [0.15, 0.2) is 28.0 Å². The summed E-state index contributed by atoms with van der Waals surface area (Å²) in [6, 6.07) is 4.98. The molecule has 1 aromatic heterocycles. The maximum Gasteiger partial charge on any atom is 0.354 e. The lowest BCUT2D eigenvalue weighted by Gasteiger charge is -2.09. The van der Waals surface area contributed by atoms with Gasteiger partial charge < -0.3 is 20.4 Å². The summed E-state index contributed by atoms with van der Waals surface area (Å²) in [4.78, 5) is 13.1. The maximum atomic E-state index is 13.0. The summed E-state index contributed by atoms with van der Waals surface area (Å²) in [5, 5.41) is 7.44. The Balaban J connectivity index is 2.51. The van der Waals surface area contributed by atoms with Gasteiger partial charge in [-0.3, -0.25) is 0 Å². The van der Waals surface area contributed by atoms with Crippen molar-refractivity contribution in [3.8, 4) is 0 Å². The number of benzene rings is 1. The lowest BCUT2D eigenvalue weighted by molar-refractivity contribution is 0.0515. The predicted octanol–water partition coefficient (Wildman–Crippen LogP) is 2.57. The van der Waals surface area contributed by atoms with E-state index in [4.69, 9.17) is 15.9 Å². The molecule has 0 fully saturated rings. The van der Waals surface area contributed by atoms with Crippen molar-refractivity contribution < 1.29 is 13.7 Å². The highest BCUT2D eigenvalue weighted by atomic mass is 32.2. The Labute approximate surface area is 143 Å². The fraction of sp³-hybridized carbons (Fsp3) is 0.294. The van der Waals surface area contributed by atoms with Crippen LogP contribution >= 0.6 is 0 Å². The second-order valence-corrected chi connectivity index (χ2v) is 6.86. The predicted molar refractivity (Wildman–Crippen MR) is 94.3 cm³/mol. The first-order valence-corrected chi connectivity index (χ1v) is 8.62. The third kappa shape index (κ3) is 3.12. The number of nitrogen functional groups attached to an aromatic ring is 1. The number of esters is 1. The van der Waals surface area contributed by atoms with Crippen molar-refractivity contribution in [2.24, 2.45) is 7.05 Å². The molecule has 0 aliphatic heterocycles. The van der Waals surface area contributed by atoms with Crippen LogP contribution in [0.1, 0.15) is 34.2 Å². The highest BCUT2D eigenvalue weighted by molar-refractivity contribution is 7.85. The van der Waals surface area contributed by atoms with Crippen molar-refractivity contribution in [3.05, 3.63) is 40.7 Å². The lowest BCUT2D eigenvalue weighted by Crippen LogP contribution is -2.10. The number of anilines is 1. The molecule has 2 aromatic rings. The fourth-order valence-corrected chi connectivity index (χ4v) is 3.80. The molecular formula is C17H21N3O3S. The molecule has 1 atom stereocenters. The second kappa shape index (κ2) is 7.00. The summed E-state index contributed by atoms with van der Waals surface area (Å²) >= 11 is 0. The SMILES string of the molecule is CCOC(=O)c1cc(S(=O)c2cc(C)c(N)c(C=N)c2)c(C)n1C. The summed E-state index contributed by atoms with van der Waals surface area (Å²) in [6.07, 6.45) is 1.14. The van der Waals surface area contributed by atoms with Gasteiger partial charge in [0.25, 0.3) is 0 Å². The third-order valence-electron chi connectivity index (χ3n) is 3.94. The summed E-state index contributed by atoms with van der Waals surface area (Å²) in [7, 11) is 0.249. The molecule has 24 heavy (non-hydrogen) atoms. The van der Waals surface area contributed by atoms with E-state index in [0.29, 0.717) is 26.7 Å². The Morgan fingerprint density at radius 2 is 2.04 bits per heavy atom. The molecule has 0 amide bonds. The molecule has 0 bridgehead atoms. The summed E-state index contributed by atoms with van der Waals surface area (Å²) < 4.78 is 19.7. The molecule has 1 aromatic carbocycles. The molecule has 2 rings (SSSR count). The van der Waals surface area contributed by atoms with Crippen LogP contribution < -0.4 is 5.73 Å². The molecule has 6 nitrogen and oxygen atoms in total. The number of carbonyl (C=O) groups excluding carboxylic acids is 1. The van der Waals surface area contributed by atoms with Crippen LogP contribution in [-0.2, 0) is 22.6 Å². The fourth-order valence-electron chi connectivity index (χ4n) is 2.40. The van der Waals surface area contributed by atoms with E-state index >= 15 is 0 Å². The molecule has 1 heterocycles. The van der Waals surface area contributed by atoms with Crippen molar-refractivity contribution in [1.82, 2.24) is 4.57 Å². The molecule has 7 heteroatoms. The first-order valence-electron chi connectivity index (χ1n) is 7.47. The zero-order valence-corrected chi connectivity index (χ0v) is 15.0. The van der Waals surface area contributed by atoms with Crippen LogP contribution in [0.25, 0.3) is 0 Å². The van der Waals surface area contributed by atoms with Crippen LogP contribution in [0.5, 0.6) is 0 Å². The second-order valence-electron chi connectivity index (χ2n) is 5.41. The van der Waals surface area contributed by atoms with Gasteiger partial charge in [-0.1, -0.05) is 0 Å². The Kier molecular flexibility index (Phi) is 5.23. The summed E-state index contributed by atoms with van der Waals surface area (Å²) in [5.41, 5.74) is 8.79. The number of hydrogen-bond acceptors (Lipinski definition) is 5. The minimum atomic E-state index is -1.49. The molecule has 0 saturated carbocycles. The molecule has 1 unspecified atom stereocenters. The van der Waals surface area contributed by atoms with E-state index in [1.165, 1.54) is 0 Å². The normalized spacial score (nSPS) is 12.0. The molecule has 3 N–H and O–H groups in total. The average molecular weight is 347 g/mol. The van der Waals surface area contributed by atoms with Gasteiger partial charge in [-0.25, -0.2) is 9.00 Å². The first-order chi connectivity index (χ1) is 11.3. The number of nitrogens with two attached hydrogens (primary N) is 1. The first kappa shape index (κ1) is 17.9. The Bertz CT molecular complexity index is 840. The van der Waals surface area contributed by atoms with Gasteiger partial charge in [-0.05, 0) is 44.5 Å². The number of hydrogen-bond donors (Lipinski definition) is 2. The molecule has 128 valence electrons. The number of aryl methyl sites for hydroxylation is 1. The highest BCUT2D eigenvalue weighted by Gasteiger charge is 2.21. The van der Waals surface area contributed by atoms with Crippen molar-refractivity contribution >= 4 is 28.7 Å². The molecule has 0 radical (unpaired) electrons. The van der Waals surface area contributed by atoms with E-state index in [9.17, 15) is 9.00 Å². The monoisotopic (exact) mass is 347 g/mol. The number of aromatic nitrogens is 1. The van der Waals surface area contributed by atoms with Gasteiger partial charge in [0.15, 0.2) is 0 Å². The topological polar surface area (TPSA) is 98.2 Å². The van der Waals surface area contributed by atoms with E-state index in [1.54, 1.807) is 43.7 Å². The molecule has 0 spiro atoms. The van der Waals surface area contributed by atoms with E-state index in [-0.39, 0.29) is 6.61 Å². The Morgan fingerprint density at radius 3 is 2.62 bits per heavy atom. The van der Waals surface area contributed by atoms with Crippen LogP contribution in [0, 0.1) is 19.3 Å². The standard InChI is InChI=1S/C17H21N3O3S/c1-5-23-17(21)14-8-15(11(3)20(14)4)24(22)13-6-10(2)16(19)12(7-13)9-18/h6-9,18H,5,19H2,1-4H3. The Hall–Kier alpha value is -2.41. The van der Waals surface area contributed by atoms with Crippen LogP contribution in [0.3, 0.4) is 0 Å². The van der Waals surface area contributed by atoms with E-state index in [1.807, 2.05) is 6.92 Å². The largest absolute Gasteiger partial charge is 0.461 e. The minimum absolute atomic E-state index is 0.279. The van der Waals surface area contributed by atoms with Gasteiger partial charge in [0, 0.05) is 35.1 Å². The summed E-state index contributed by atoms with van der Waals surface area (Å²) in [6.45, 7) is 5.63. The number of nitrogens with zero attached hydrogens (tertiary/aromatic N) is 1. The smallest absolute Gasteiger partial charge is 0.354 e. The highest BCUT2D eigenvalue weighted by Crippen LogP contribution is 2.27. The van der Waals surface area contributed by atoms with Gasteiger partial charge in [-0.15, -0.1) is 0 Å². The van der Waals surface area contributed by atoms with Crippen molar-refractivity contribution in [2.75, 3.05) is 12.3 Å². The number of nitrogens with one attached hydrogen (secondary N) is 1. The molecule has 0 aliphatic carbocycles. The van der Waals surface area contributed by atoms with E-state index < -0.39 is 16.8 Å². The zero-order chi connectivity index (χ0) is 18.0. The number of carbonyl (C=O) groups is 1. The third-order valence-corrected chi connectivity index (χ3v) is 5.41. The van der Waals surface area contributed by atoms with Crippen molar-refractivity contribution in [3.63, 3.8) is 0 Å². The van der Waals surface area contributed by atoms with E-state index in [2.05, 4.69) is 0 Å². The maximum absolute atomic E-state index is 13.0. The van der Waals surface area contributed by atoms with Gasteiger partial charge in [0.05, 0.1) is 22.3 Å².